The number of carbonyl (C=O) groups is 2. The van der Waals surface area contributed by atoms with Crippen LogP contribution in [0, 0.1) is 5.92 Å². The van der Waals surface area contributed by atoms with Crippen LogP contribution in [0.2, 0.25) is 0 Å². The van der Waals surface area contributed by atoms with Crippen LogP contribution in [0.4, 0.5) is 0 Å². The lowest BCUT2D eigenvalue weighted by Crippen LogP contribution is -2.41. The number of hydrogen-bond acceptors (Lipinski definition) is 5. The van der Waals surface area contributed by atoms with Crippen LogP contribution in [-0.4, -0.2) is 67.6 Å². The molecule has 1 amide bonds. The summed E-state index contributed by atoms with van der Waals surface area (Å²) in [5, 5.41) is 8.55. The van der Waals surface area contributed by atoms with E-state index in [4.69, 9.17) is 9.84 Å². The number of hydrogen-bond donors (Lipinski definition) is 1. The number of aliphatic carboxylic acids is 1. The maximum Gasteiger partial charge on any atom is 0.329 e. The summed E-state index contributed by atoms with van der Waals surface area (Å²) in [5.74, 6) is -0.735. The van der Waals surface area contributed by atoms with Gasteiger partial charge in [0.1, 0.15) is 6.61 Å². The molecule has 0 saturated carbocycles. The van der Waals surface area contributed by atoms with Gasteiger partial charge in [-0.25, -0.2) is 13.2 Å². The lowest BCUT2D eigenvalue weighted by atomic mass is 10.0. The highest BCUT2D eigenvalue weighted by Gasteiger charge is 2.31. The first kappa shape index (κ1) is 16.2. The van der Waals surface area contributed by atoms with Crippen molar-refractivity contribution < 1.29 is 27.9 Å². The van der Waals surface area contributed by atoms with E-state index in [1.807, 2.05) is 0 Å². The van der Waals surface area contributed by atoms with E-state index in [1.54, 1.807) is 4.90 Å². The fourth-order valence-electron chi connectivity index (χ4n) is 2.87. The van der Waals surface area contributed by atoms with Gasteiger partial charge < -0.3 is 14.7 Å². The van der Waals surface area contributed by atoms with E-state index in [9.17, 15) is 18.0 Å². The molecule has 0 spiro atoms. The Hall–Kier alpha value is -1.15. The number of piperidine rings is 1. The minimum atomic E-state index is -2.94. The van der Waals surface area contributed by atoms with Gasteiger partial charge in [-0.2, -0.15) is 0 Å². The molecule has 8 heteroatoms. The second kappa shape index (κ2) is 6.74. The number of amides is 1. The van der Waals surface area contributed by atoms with Crippen LogP contribution in [0.15, 0.2) is 0 Å². The zero-order valence-corrected chi connectivity index (χ0v) is 12.7. The number of carboxylic acids is 1. The number of nitrogens with zero attached hydrogens (tertiary/aromatic N) is 1. The summed E-state index contributed by atoms with van der Waals surface area (Å²) in [6.45, 7) is 0.781. The summed E-state index contributed by atoms with van der Waals surface area (Å²) in [7, 11) is -2.94. The van der Waals surface area contributed by atoms with E-state index in [2.05, 4.69) is 0 Å². The van der Waals surface area contributed by atoms with Crippen molar-refractivity contribution in [2.75, 3.05) is 31.2 Å². The van der Waals surface area contributed by atoms with Crippen molar-refractivity contribution >= 4 is 21.7 Å². The first-order valence-electron chi connectivity index (χ1n) is 7.17. The average Bonchev–Trinajstić information content (AvgIpc) is 2.76. The molecule has 1 unspecified atom stereocenters. The molecule has 0 radical (unpaired) electrons. The molecule has 1 atom stereocenters. The first-order chi connectivity index (χ1) is 9.85. The van der Waals surface area contributed by atoms with Gasteiger partial charge in [-0.3, -0.25) is 4.79 Å². The summed E-state index contributed by atoms with van der Waals surface area (Å²) < 4.78 is 28.0. The molecular formula is C13H21NO6S. The predicted molar refractivity (Wildman–Crippen MR) is 74.6 cm³/mol. The highest BCUT2D eigenvalue weighted by atomic mass is 32.2. The van der Waals surface area contributed by atoms with E-state index in [-0.39, 0.29) is 36.0 Å². The number of carbonyl (C=O) groups excluding carboxylic acids is 1. The predicted octanol–water partition coefficient (Wildman–Crippen LogP) is -0.0966. The van der Waals surface area contributed by atoms with Crippen LogP contribution < -0.4 is 0 Å². The summed E-state index contributed by atoms with van der Waals surface area (Å²) in [6, 6.07) is 0. The van der Waals surface area contributed by atoms with Gasteiger partial charge in [-0.1, -0.05) is 0 Å². The molecule has 0 bridgehead atoms. The summed E-state index contributed by atoms with van der Waals surface area (Å²) in [4.78, 5) is 24.3. The molecule has 120 valence electrons. The maximum absolute atomic E-state index is 12.1. The largest absolute Gasteiger partial charge is 0.480 e. The SMILES string of the molecule is O=C(O)COC1CCN(C(=O)CC2CCS(=O)(=O)C2)CC1. The van der Waals surface area contributed by atoms with E-state index >= 15 is 0 Å². The molecule has 2 rings (SSSR count). The lowest BCUT2D eigenvalue weighted by molar-refractivity contribution is -0.147. The van der Waals surface area contributed by atoms with Crippen molar-refractivity contribution in [3.8, 4) is 0 Å². The van der Waals surface area contributed by atoms with Crippen LogP contribution in [0.5, 0.6) is 0 Å². The summed E-state index contributed by atoms with van der Waals surface area (Å²) in [6.07, 6.45) is 2.01. The van der Waals surface area contributed by atoms with Crippen LogP contribution >= 0.6 is 0 Å². The monoisotopic (exact) mass is 319 g/mol. The number of carboxylic acid groups (broad SMARTS) is 1. The molecule has 1 N–H and O–H groups in total. The molecule has 21 heavy (non-hydrogen) atoms. The molecule has 0 aromatic heterocycles. The van der Waals surface area contributed by atoms with Gasteiger partial charge in [-0.05, 0) is 25.2 Å². The molecule has 2 saturated heterocycles. The molecule has 2 aliphatic heterocycles. The molecule has 2 fully saturated rings. The van der Waals surface area contributed by atoms with E-state index in [0.717, 1.165) is 0 Å². The minimum Gasteiger partial charge on any atom is -0.480 e. The van der Waals surface area contributed by atoms with Crippen molar-refractivity contribution in [2.24, 2.45) is 5.92 Å². The average molecular weight is 319 g/mol. The molecule has 2 heterocycles. The zero-order valence-electron chi connectivity index (χ0n) is 11.9. The minimum absolute atomic E-state index is 0.00576. The Balaban J connectivity index is 1.72. The van der Waals surface area contributed by atoms with Crippen molar-refractivity contribution in [1.29, 1.82) is 0 Å². The number of sulfone groups is 1. The topological polar surface area (TPSA) is 101 Å². The van der Waals surface area contributed by atoms with Crippen molar-refractivity contribution in [2.45, 2.75) is 31.8 Å². The highest BCUT2D eigenvalue weighted by molar-refractivity contribution is 7.91. The van der Waals surface area contributed by atoms with Crippen molar-refractivity contribution in [3.05, 3.63) is 0 Å². The van der Waals surface area contributed by atoms with E-state index in [1.165, 1.54) is 0 Å². The fraction of sp³-hybridized carbons (Fsp3) is 0.846. The van der Waals surface area contributed by atoms with Gasteiger partial charge >= 0.3 is 5.97 Å². The van der Waals surface area contributed by atoms with Gasteiger partial charge in [0.25, 0.3) is 0 Å². The van der Waals surface area contributed by atoms with Crippen molar-refractivity contribution in [1.82, 2.24) is 4.90 Å². The van der Waals surface area contributed by atoms with Gasteiger partial charge in [0.05, 0.1) is 17.6 Å². The quantitative estimate of drug-likeness (QED) is 0.759. The Morgan fingerprint density at radius 3 is 2.38 bits per heavy atom. The Bertz CT molecular complexity index is 495. The van der Waals surface area contributed by atoms with E-state index < -0.39 is 15.8 Å². The number of likely N-dealkylation sites (tertiary alicyclic amines) is 1. The Morgan fingerprint density at radius 1 is 1.19 bits per heavy atom. The van der Waals surface area contributed by atoms with Crippen LogP contribution in [-0.2, 0) is 24.2 Å². The highest BCUT2D eigenvalue weighted by Crippen LogP contribution is 2.23. The molecule has 2 aliphatic rings. The van der Waals surface area contributed by atoms with E-state index in [0.29, 0.717) is 38.8 Å². The van der Waals surface area contributed by atoms with Gasteiger partial charge in [0.15, 0.2) is 9.84 Å². The zero-order chi connectivity index (χ0) is 15.5. The van der Waals surface area contributed by atoms with Crippen LogP contribution in [0.25, 0.3) is 0 Å². The molecule has 7 nitrogen and oxygen atoms in total. The number of rotatable bonds is 5. The molecule has 0 aliphatic carbocycles. The molecule has 0 aromatic carbocycles. The Kier molecular flexibility index (Phi) is 5.21. The van der Waals surface area contributed by atoms with Gasteiger partial charge in [0, 0.05) is 19.5 Å². The van der Waals surface area contributed by atoms with Crippen molar-refractivity contribution in [3.63, 3.8) is 0 Å². The maximum atomic E-state index is 12.1. The molecular weight excluding hydrogens is 298 g/mol. The first-order valence-corrected chi connectivity index (χ1v) is 8.99. The fourth-order valence-corrected chi connectivity index (χ4v) is 4.73. The van der Waals surface area contributed by atoms with Gasteiger partial charge in [0.2, 0.25) is 5.91 Å². The second-order valence-corrected chi connectivity index (χ2v) is 7.99. The third-order valence-electron chi connectivity index (χ3n) is 4.03. The third kappa shape index (κ3) is 4.96. The normalized spacial score (nSPS) is 25.9. The van der Waals surface area contributed by atoms with Crippen LogP contribution in [0.3, 0.4) is 0 Å². The Labute approximate surface area is 124 Å². The summed E-state index contributed by atoms with van der Waals surface area (Å²) >= 11 is 0. The smallest absolute Gasteiger partial charge is 0.329 e. The number of ether oxygens (including phenoxy) is 1. The standard InChI is InChI=1S/C13H21NO6S/c15-12(7-10-3-6-21(18,19)9-10)14-4-1-11(2-5-14)20-8-13(16)17/h10-11H,1-9H2,(H,16,17). The van der Waals surface area contributed by atoms with Gasteiger partial charge in [-0.15, -0.1) is 0 Å². The molecule has 0 aromatic rings. The lowest BCUT2D eigenvalue weighted by Gasteiger charge is -2.32. The summed E-state index contributed by atoms with van der Waals surface area (Å²) in [5.41, 5.74) is 0. The Morgan fingerprint density at radius 2 is 1.86 bits per heavy atom. The third-order valence-corrected chi connectivity index (χ3v) is 5.86. The second-order valence-electron chi connectivity index (χ2n) is 5.76. The van der Waals surface area contributed by atoms with Crippen LogP contribution in [0.1, 0.15) is 25.7 Å².